The Morgan fingerprint density at radius 1 is 1.26 bits per heavy atom. The average Bonchev–Trinajstić information content (AvgIpc) is 3.33. The van der Waals surface area contributed by atoms with Crippen LogP contribution in [0.1, 0.15) is 22.4 Å². The number of hydrogen-bond donors (Lipinski definition) is 1. The molecule has 0 amide bonds. The highest BCUT2D eigenvalue weighted by Gasteiger charge is 2.55. The molecule has 0 bridgehead atoms. The minimum atomic E-state index is -5.19. The Bertz CT molecular complexity index is 1380. The quantitative estimate of drug-likeness (QED) is 0.478. The van der Waals surface area contributed by atoms with Gasteiger partial charge in [-0.15, -0.1) is 0 Å². The third-order valence-corrected chi connectivity index (χ3v) is 5.22. The van der Waals surface area contributed by atoms with E-state index >= 15 is 0 Å². The van der Waals surface area contributed by atoms with E-state index in [0.29, 0.717) is 27.9 Å². The molecule has 0 saturated carbocycles. The lowest BCUT2D eigenvalue weighted by Crippen LogP contribution is -2.51. The summed E-state index contributed by atoms with van der Waals surface area (Å²) in [6, 6.07) is 4.13. The maximum absolute atomic E-state index is 14.0. The molecule has 4 aromatic heterocycles. The summed E-state index contributed by atoms with van der Waals surface area (Å²) >= 11 is 0. The van der Waals surface area contributed by atoms with Crippen LogP contribution in [-0.4, -0.2) is 41.7 Å². The monoisotopic (exact) mass is 435 g/mol. The number of aryl methyl sites for hydroxylation is 1. The van der Waals surface area contributed by atoms with Gasteiger partial charge in [0.15, 0.2) is 11.2 Å². The number of fused-ring (bicyclic) bond motifs is 2. The SMILES string of the molecule is [2H]C([2H])([2H])[C@]1(C(F)(F)F)Cn2nc(-c3ccc(F)cn3)c(-c3ccnc4n[nH]c(C)c34)c2CO1. The van der Waals surface area contributed by atoms with Gasteiger partial charge in [0.05, 0.1) is 30.7 Å². The van der Waals surface area contributed by atoms with E-state index in [0.717, 1.165) is 16.9 Å². The molecule has 1 aliphatic heterocycles. The predicted octanol–water partition coefficient (Wildman–Crippen LogP) is 4.18. The lowest BCUT2D eigenvalue weighted by molar-refractivity contribution is -0.287. The number of ether oxygens (including phenoxy) is 1. The van der Waals surface area contributed by atoms with Gasteiger partial charge < -0.3 is 4.74 Å². The summed E-state index contributed by atoms with van der Waals surface area (Å²) in [5.74, 6) is -0.604. The molecule has 1 aliphatic rings. The zero-order valence-corrected chi connectivity index (χ0v) is 16.0. The molecule has 0 saturated heterocycles. The second kappa shape index (κ2) is 6.58. The Labute approximate surface area is 177 Å². The number of rotatable bonds is 2. The fourth-order valence-electron chi connectivity index (χ4n) is 3.68. The highest BCUT2D eigenvalue weighted by atomic mass is 19.4. The Balaban J connectivity index is 1.79. The highest BCUT2D eigenvalue weighted by Crippen LogP contribution is 2.44. The summed E-state index contributed by atoms with van der Waals surface area (Å²) < 4.78 is 84.3. The van der Waals surface area contributed by atoms with Crippen LogP contribution in [0, 0.1) is 12.7 Å². The van der Waals surface area contributed by atoms with Gasteiger partial charge in [-0.3, -0.25) is 14.8 Å². The van der Waals surface area contributed by atoms with E-state index in [-0.39, 0.29) is 17.1 Å². The summed E-state index contributed by atoms with van der Waals surface area (Å²) in [5, 5.41) is 11.9. The van der Waals surface area contributed by atoms with Crippen molar-refractivity contribution < 1.29 is 26.4 Å². The molecule has 0 radical (unpaired) electrons. The number of nitrogens with zero attached hydrogens (tertiary/aromatic N) is 5. The van der Waals surface area contributed by atoms with Crippen LogP contribution in [-0.2, 0) is 17.9 Å². The van der Waals surface area contributed by atoms with Crippen LogP contribution in [0.2, 0.25) is 0 Å². The summed E-state index contributed by atoms with van der Waals surface area (Å²) in [4.78, 5) is 8.24. The van der Waals surface area contributed by atoms with Crippen molar-refractivity contribution in [1.29, 1.82) is 0 Å². The fraction of sp³-hybridized carbons (Fsp3) is 0.300. The topological polar surface area (TPSA) is 81.5 Å². The fourth-order valence-corrected chi connectivity index (χ4v) is 3.68. The number of pyridine rings is 2. The number of nitrogens with one attached hydrogen (secondary N) is 1. The van der Waals surface area contributed by atoms with Gasteiger partial charge in [0.25, 0.3) is 0 Å². The number of halogens is 4. The molecule has 0 aliphatic carbocycles. The molecule has 0 spiro atoms. The standard InChI is InChI=1S/C20H16F4N6O/c1-10-15-12(5-6-25-18(15)28-27-10)16-14-8-31-19(2,20(22,23)24)9-30(14)29-17(16)13-4-3-11(21)7-26-13/h3-7H,8-9H2,1-2H3,(H,25,27,28)/t19-/m1/s1/i2D3. The van der Waals surface area contributed by atoms with Crippen LogP contribution in [0.25, 0.3) is 33.5 Å². The summed E-state index contributed by atoms with van der Waals surface area (Å²) in [6.07, 6.45) is -2.75. The van der Waals surface area contributed by atoms with Gasteiger partial charge in [-0.2, -0.15) is 23.4 Å². The minimum Gasteiger partial charge on any atom is -0.358 e. The van der Waals surface area contributed by atoms with E-state index in [2.05, 4.69) is 25.3 Å². The van der Waals surface area contributed by atoms with Gasteiger partial charge in [0.1, 0.15) is 11.5 Å². The van der Waals surface area contributed by atoms with E-state index in [1.165, 1.54) is 12.3 Å². The first-order valence-corrected chi connectivity index (χ1v) is 9.15. The number of hydrogen-bond acceptors (Lipinski definition) is 5. The van der Waals surface area contributed by atoms with Gasteiger partial charge in [-0.1, -0.05) is 0 Å². The third-order valence-electron chi connectivity index (χ3n) is 5.22. The van der Waals surface area contributed by atoms with E-state index in [1.54, 1.807) is 13.0 Å². The Morgan fingerprint density at radius 2 is 2.10 bits per heavy atom. The normalized spacial score (nSPS) is 20.9. The van der Waals surface area contributed by atoms with Crippen molar-refractivity contribution in [2.75, 3.05) is 0 Å². The first-order valence-electron chi connectivity index (χ1n) is 10.7. The van der Waals surface area contributed by atoms with E-state index in [1.807, 2.05) is 0 Å². The first-order chi connectivity index (χ1) is 15.9. The number of aromatic amines is 1. The zero-order valence-electron chi connectivity index (χ0n) is 19.0. The molecule has 0 aromatic carbocycles. The van der Waals surface area contributed by atoms with Crippen molar-refractivity contribution in [3.05, 3.63) is 47.8 Å². The molecule has 11 heteroatoms. The molecular formula is C20H16F4N6O. The van der Waals surface area contributed by atoms with Crippen LogP contribution >= 0.6 is 0 Å². The van der Waals surface area contributed by atoms with Crippen molar-refractivity contribution in [3.8, 4) is 22.5 Å². The Morgan fingerprint density at radius 3 is 2.81 bits per heavy atom. The van der Waals surface area contributed by atoms with Crippen LogP contribution in [0.15, 0.2) is 30.6 Å². The second-order valence-electron chi connectivity index (χ2n) is 7.21. The molecule has 7 nitrogen and oxygen atoms in total. The largest absolute Gasteiger partial charge is 0.419 e. The van der Waals surface area contributed by atoms with Gasteiger partial charge in [0.2, 0.25) is 0 Å². The average molecular weight is 435 g/mol. The summed E-state index contributed by atoms with van der Waals surface area (Å²) in [7, 11) is 0. The minimum absolute atomic E-state index is 0.148. The summed E-state index contributed by atoms with van der Waals surface area (Å²) in [5.41, 5.74) is -0.947. The van der Waals surface area contributed by atoms with Gasteiger partial charge in [0, 0.05) is 32.5 Å². The number of alkyl halides is 3. The molecule has 5 heterocycles. The molecule has 160 valence electrons. The van der Waals surface area contributed by atoms with Crippen LogP contribution < -0.4 is 0 Å². The lowest BCUT2D eigenvalue weighted by Gasteiger charge is -2.36. The van der Waals surface area contributed by atoms with Crippen molar-refractivity contribution in [3.63, 3.8) is 0 Å². The van der Waals surface area contributed by atoms with Crippen LogP contribution in [0.4, 0.5) is 17.6 Å². The summed E-state index contributed by atoms with van der Waals surface area (Å²) in [6.45, 7) is -3.52. The van der Waals surface area contributed by atoms with Crippen molar-refractivity contribution >= 4 is 11.0 Å². The smallest absolute Gasteiger partial charge is 0.358 e. The van der Waals surface area contributed by atoms with E-state index in [9.17, 15) is 17.6 Å². The molecular weight excluding hydrogens is 416 g/mol. The molecule has 1 N–H and O–H groups in total. The maximum Gasteiger partial charge on any atom is 0.419 e. The van der Waals surface area contributed by atoms with Crippen molar-refractivity contribution in [2.24, 2.45) is 0 Å². The zero-order chi connectivity index (χ0) is 24.5. The van der Waals surface area contributed by atoms with Crippen molar-refractivity contribution in [2.45, 2.75) is 38.7 Å². The van der Waals surface area contributed by atoms with Crippen LogP contribution in [0.3, 0.4) is 0 Å². The number of aromatic nitrogens is 6. The predicted molar refractivity (Wildman–Crippen MR) is 102 cm³/mol. The molecule has 0 unspecified atom stereocenters. The first kappa shape index (κ1) is 16.4. The third kappa shape index (κ3) is 2.99. The van der Waals surface area contributed by atoms with Gasteiger partial charge in [-0.25, -0.2) is 9.37 Å². The van der Waals surface area contributed by atoms with Gasteiger partial charge >= 0.3 is 6.18 Å². The van der Waals surface area contributed by atoms with E-state index in [4.69, 9.17) is 8.85 Å². The highest BCUT2D eigenvalue weighted by molar-refractivity contribution is 5.98. The Hall–Kier alpha value is -3.34. The lowest BCUT2D eigenvalue weighted by atomic mass is 9.97. The van der Waals surface area contributed by atoms with Gasteiger partial charge in [-0.05, 0) is 32.0 Å². The molecule has 31 heavy (non-hydrogen) atoms. The molecule has 4 aromatic rings. The Kier molecular flexibility index (Phi) is 3.47. The van der Waals surface area contributed by atoms with E-state index < -0.39 is 37.6 Å². The molecule has 1 atom stereocenters. The number of H-pyrrole nitrogens is 1. The molecule has 5 rings (SSSR count). The van der Waals surface area contributed by atoms with Crippen LogP contribution in [0.5, 0.6) is 0 Å². The van der Waals surface area contributed by atoms with Crippen molar-refractivity contribution in [1.82, 2.24) is 29.9 Å². The second-order valence-corrected chi connectivity index (χ2v) is 7.21. The maximum atomic E-state index is 14.0. The molecule has 0 fully saturated rings.